The van der Waals surface area contributed by atoms with Crippen molar-refractivity contribution in [1.29, 1.82) is 0 Å². The van der Waals surface area contributed by atoms with E-state index in [0.29, 0.717) is 4.99 Å². The van der Waals surface area contributed by atoms with Gasteiger partial charge in [-0.15, -0.1) is 0 Å². The summed E-state index contributed by atoms with van der Waals surface area (Å²) in [5.41, 5.74) is 9.25. The second-order valence-corrected chi connectivity index (χ2v) is 6.08. The molecular formula is C15H21N3O2S. The minimum Gasteiger partial charge on any atom is -0.389 e. The summed E-state index contributed by atoms with van der Waals surface area (Å²) in [5, 5.41) is 0. The van der Waals surface area contributed by atoms with E-state index in [9.17, 15) is 0 Å². The van der Waals surface area contributed by atoms with E-state index in [1.54, 1.807) is 14.2 Å². The Labute approximate surface area is 130 Å². The number of hydrogen-bond acceptors (Lipinski definition) is 5. The third-order valence-corrected chi connectivity index (χ3v) is 4.64. The number of thiocarbonyl (C=S) groups is 1. The predicted molar refractivity (Wildman–Crippen MR) is 86.0 cm³/mol. The molecule has 2 atom stereocenters. The SMILES string of the molecule is COC1CN(c2nc3c(cc2C(N)=S)CCC3)CC1OC. The molecule has 1 aromatic rings. The van der Waals surface area contributed by atoms with Crippen LogP contribution >= 0.6 is 12.2 Å². The second-order valence-electron chi connectivity index (χ2n) is 5.64. The quantitative estimate of drug-likeness (QED) is 0.839. The zero-order valence-corrected chi connectivity index (χ0v) is 13.3. The molecule has 2 heterocycles. The maximum Gasteiger partial charge on any atom is 0.139 e. The molecule has 1 aromatic heterocycles. The molecule has 1 aliphatic carbocycles. The Balaban J connectivity index is 1.96. The summed E-state index contributed by atoms with van der Waals surface area (Å²) in [7, 11) is 3.43. The number of nitrogens with two attached hydrogens (primary N) is 1. The molecule has 6 heteroatoms. The van der Waals surface area contributed by atoms with Crippen LogP contribution in [0.2, 0.25) is 0 Å². The monoisotopic (exact) mass is 307 g/mol. The number of fused-ring (bicyclic) bond motifs is 1. The fourth-order valence-corrected chi connectivity index (χ4v) is 3.40. The van der Waals surface area contributed by atoms with Gasteiger partial charge in [0.25, 0.3) is 0 Å². The van der Waals surface area contributed by atoms with Crippen molar-refractivity contribution in [2.75, 3.05) is 32.2 Å². The van der Waals surface area contributed by atoms with Gasteiger partial charge in [-0.3, -0.25) is 0 Å². The van der Waals surface area contributed by atoms with Crippen LogP contribution in [0.25, 0.3) is 0 Å². The summed E-state index contributed by atoms with van der Waals surface area (Å²) in [4.78, 5) is 7.42. The Morgan fingerprint density at radius 1 is 1.29 bits per heavy atom. The van der Waals surface area contributed by atoms with Crippen molar-refractivity contribution in [3.63, 3.8) is 0 Å². The van der Waals surface area contributed by atoms with Crippen molar-refractivity contribution in [3.05, 3.63) is 22.9 Å². The van der Waals surface area contributed by atoms with Crippen LogP contribution in [-0.2, 0) is 22.3 Å². The van der Waals surface area contributed by atoms with Gasteiger partial charge in [0, 0.05) is 33.0 Å². The topological polar surface area (TPSA) is 60.6 Å². The van der Waals surface area contributed by atoms with Crippen molar-refractivity contribution in [3.8, 4) is 0 Å². The number of aromatic nitrogens is 1. The predicted octanol–water partition coefficient (Wildman–Crippen LogP) is 1.05. The number of pyridine rings is 1. The van der Waals surface area contributed by atoms with Crippen LogP contribution in [0.1, 0.15) is 23.2 Å². The number of hydrogen-bond donors (Lipinski definition) is 1. The van der Waals surface area contributed by atoms with Gasteiger partial charge in [-0.2, -0.15) is 0 Å². The van der Waals surface area contributed by atoms with Crippen LogP contribution in [0.3, 0.4) is 0 Å². The van der Waals surface area contributed by atoms with Gasteiger partial charge in [0.15, 0.2) is 0 Å². The molecule has 1 fully saturated rings. The maximum absolute atomic E-state index is 5.91. The highest BCUT2D eigenvalue weighted by molar-refractivity contribution is 7.80. The number of aryl methyl sites for hydroxylation is 2. The van der Waals surface area contributed by atoms with Crippen molar-refractivity contribution in [2.45, 2.75) is 31.5 Å². The van der Waals surface area contributed by atoms with Gasteiger partial charge >= 0.3 is 0 Å². The average Bonchev–Trinajstić information content (AvgIpc) is 3.11. The maximum atomic E-state index is 5.91. The summed E-state index contributed by atoms with van der Waals surface area (Å²) >= 11 is 5.22. The van der Waals surface area contributed by atoms with Crippen molar-refractivity contribution < 1.29 is 9.47 Å². The van der Waals surface area contributed by atoms with Gasteiger partial charge in [0.05, 0.1) is 5.56 Å². The normalized spacial score (nSPS) is 24.4. The molecule has 3 rings (SSSR count). The number of nitrogens with zero attached hydrogens (tertiary/aromatic N) is 2. The van der Waals surface area contributed by atoms with Crippen LogP contribution < -0.4 is 10.6 Å². The van der Waals surface area contributed by atoms with Crippen LogP contribution in [0.15, 0.2) is 6.07 Å². The van der Waals surface area contributed by atoms with E-state index in [1.807, 2.05) is 0 Å². The fraction of sp³-hybridized carbons (Fsp3) is 0.600. The first-order chi connectivity index (χ1) is 10.1. The summed E-state index contributed by atoms with van der Waals surface area (Å²) in [5.74, 6) is 0.879. The lowest BCUT2D eigenvalue weighted by atomic mass is 10.1. The molecule has 2 aliphatic rings. The lowest BCUT2D eigenvalue weighted by Crippen LogP contribution is -2.27. The lowest BCUT2D eigenvalue weighted by Gasteiger charge is -2.21. The Morgan fingerprint density at radius 3 is 2.52 bits per heavy atom. The second kappa shape index (κ2) is 5.87. The molecule has 0 spiro atoms. The average molecular weight is 307 g/mol. The first-order valence-corrected chi connectivity index (χ1v) is 7.68. The summed E-state index contributed by atoms with van der Waals surface area (Å²) in [6.45, 7) is 1.49. The third kappa shape index (κ3) is 2.63. The zero-order valence-electron chi connectivity index (χ0n) is 12.5. The Hall–Kier alpha value is -1.24. The number of methoxy groups -OCH3 is 2. The molecule has 1 saturated heterocycles. The van der Waals surface area contributed by atoms with Crippen LogP contribution in [0.5, 0.6) is 0 Å². The van der Waals surface area contributed by atoms with Gasteiger partial charge in [-0.1, -0.05) is 12.2 Å². The van der Waals surface area contributed by atoms with Crippen LogP contribution in [0, 0.1) is 0 Å². The third-order valence-electron chi connectivity index (χ3n) is 4.42. The Morgan fingerprint density at radius 2 is 1.95 bits per heavy atom. The van der Waals surface area contributed by atoms with Crippen LogP contribution in [-0.4, -0.2) is 49.5 Å². The van der Waals surface area contributed by atoms with E-state index in [0.717, 1.165) is 43.7 Å². The minimum absolute atomic E-state index is 0.0456. The van der Waals surface area contributed by atoms with E-state index in [1.165, 1.54) is 11.3 Å². The number of ether oxygens (including phenoxy) is 2. The fourth-order valence-electron chi connectivity index (χ4n) is 3.25. The molecule has 0 radical (unpaired) electrons. The van der Waals surface area contributed by atoms with Crippen molar-refractivity contribution >= 4 is 23.0 Å². The van der Waals surface area contributed by atoms with Gasteiger partial charge in [-0.05, 0) is 30.9 Å². The molecule has 0 amide bonds. The van der Waals surface area contributed by atoms with E-state index in [-0.39, 0.29) is 12.2 Å². The van der Waals surface area contributed by atoms with Gasteiger partial charge < -0.3 is 20.1 Å². The molecular weight excluding hydrogens is 286 g/mol. The standard InChI is InChI=1S/C15H21N3O2S/c1-19-12-7-18(8-13(12)20-2)15-10(14(16)21)6-9-4-3-5-11(9)17-15/h6,12-13H,3-5,7-8H2,1-2H3,(H2,16,21). The largest absolute Gasteiger partial charge is 0.389 e. The molecule has 0 aromatic carbocycles. The molecule has 2 N–H and O–H groups in total. The molecule has 0 saturated carbocycles. The highest BCUT2D eigenvalue weighted by Crippen LogP contribution is 2.30. The smallest absolute Gasteiger partial charge is 0.139 e. The first kappa shape index (κ1) is 14.7. The van der Waals surface area contributed by atoms with E-state index in [2.05, 4.69) is 11.0 Å². The summed E-state index contributed by atoms with van der Waals surface area (Å²) in [6.07, 6.45) is 3.35. The van der Waals surface area contributed by atoms with Crippen molar-refractivity contribution in [1.82, 2.24) is 4.98 Å². The highest BCUT2D eigenvalue weighted by Gasteiger charge is 2.35. The van der Waals surface area contributed by atoms with Crippen LogP contribution in [0.4, 0.5) is 5.82 Å². The lowest BCUT2D eigenvalue weighted by molar-refractivity contribution is -0.00461. The summed E-state index contributed by atoms with van der Waals surface area (Å²) < 4.78 is 11.0. The highest BCUT2D eigenvalue weighted by atomic mass is 32.1. The van der Waals surface area contributed by atoms with Gasteiger partial charge in [0.1, 0.15) is 23.0 Å². The van der Waals surface area contributed by atoms with E-state index >= 15 is 0 Å². The molecule has 1 aliphatic heterocycles. The molecule has 0 bridgehead atoms. The minimum atomic E-state index is 0.0456. The van der Waals surface area contributed by atoms with Crippen molar-refractivity contribution in [2.24, 2.45) is 5.73 Å². The van der Waals surface area contributed by atoms with Gasteiger partial charge in [-0.25, -0.2) is 4.98 Å². The molecule has 5 nitrogen and oxygen atoms in total. The number of anilines is 1. The first-order valence-electron chi connectivity index (χ1n) is 7.27. The Bertz CT molecular complexity index is 552. The zero-order chi connectivity index (χ0) is 15.0. The molecule has 114 valence electrons. The Kier molecular flexibility index (Phi) is 4.10. The van der Waals surface area contributed by atoms with Gasteiger partial charge in [0.2, 0.25) is 0 Å². The molecule has 21 heavy (non-hydrogen) atoms. The van der Waals surface area contributed by atoms with E-state index < -0.39 is 0 Å². The summed E-state index contributed by atoms with van der Waals surface area (Å²) in [6, 6.07) is 2.12. The number of rotatable bonds is 4. The van der Waals surface area contributed by atoms with E-state index in [4.69, 9.17) is 32.4 Å². The molecule has 2 unspecified atom stereocenters.